The van der Waals surface area contributed by atoms with Crippen molar-refractivity contribution in [1.82, 2.24) is 9.55 Å². The molecule has 0 aliphatic carbocycles. The van der Waals surface area contributed by atoms with Crippen LogP contribution >= 0.6 is 11.6 Å². The Bertz CT molecular complexity index is 604. The summed E-state index contributed by atoms with van der Waals surface area (Å²) in [5.41, 5.74) is 8.23. The predicted molar refractivity (Wildman–Crippen MR) is 72.6 cm³/mol. The largest absolute Gasteiger partial charge is 0.368 e. The number of fused-ring (bicyclic) bond motifs is 1. The molecule has 1 heterocycles. The summed E-state index contributed by atoms with van der Waals surface area (Å²) < 4.78 is 1.81. The number of rotatable bonds is 3. The van der Waals surface area contributed by atoms with Gasteiger partial charge in [0.1, 0.15) is 11.9 Å². The van der Waals surface area contributed by atoms with Gasteiger partial charge in [-0.15, -0.1) is 11.6 Å². The van der Waals surface area contributed by atoms with E-state index < -0.39 is 11.9 Å². The molecule has 2 unspecified atom stereocenters. The minimum absolute atomic E-state index is 0.278. The number of carbonyl (C=O) groups is 1. The van der Waals surface area contributed by atoms with Gasteiger partial charge in [-0.25, -0.2) is 4.98 Å². The minimum atomic E-state index is -0.464. The van der Waals surface area contributed by atoms with Crippen LogP contribution in [-0.2, 0) is 4.79 Å². The first-order valence-electron chi connectivity index (χ1n) is 5.83. The van der Waals surface area contributed by atoms with E-state index in [0.717, 1.165) is 16.6 Å². The molecule has 1 aromatic heterocycles. The molecule has 2 rings (SSSR count). The molecule has 0 saturated heterocycles. The number of halogens is 1. The standard InChI is InChI=1S/C13H16ClN3O/c1-7-4-5-11-10(6-7)16-13(8(2)14)17(11)9(3)12(15)18/h4-6,8-9H,1-3H3,(H2,15,18). The maximum absolute atomic E-state index is 11.4. The van der Waals surface area contributed by atoms with Crippen molar-refractivity contribution in [3.8, 4) is 0 Å². The van der Waals surface area contributed by atoms with E-state index in [4.69, 9.17) is 17.3 Å². The van der Waals surface area contributed by atoms with Gasteiger partial charge in [0.2, 0.25) is 5.91 Å². The highest BCUT2D eigenvalue weighted by atomic mass is 35.5. The van der Waals surface area contributed by atoms with Gasteiger partial charge < -0.3 is 10.3 Å². The van der Waals surface area contributed by atoms with Gasteiger partial charge in [-0.2, -0.15) is 0 Å². The van der Waals surface area contributed by atoms with Crippen LogP contribution in [0.2, 0.25) is 0 Å². The summed E-state index contributed by atoms with van der Waals surface area (Å²) in [6, 6.07) is 5.44. The van der Waals surface area contributed by atoms with Gasteiger partial charge in [-0.1, -0.05) is 6.07 Å². The number of carbonyl (C=O) groups excluding carboxylic acids is 1. The fraction of sp³-hybridized carbons (Fsp3) is 0.385. The van der Waals surface area contributed by atoms with Crippen molar-refractivity contribution >= 4 is 28.5 Å². The fourth-order valence-electron chi connectivity index (χ4n) is 2.04. The highest BCUT2D eigenvalue weighted by Crippen LogP contribution is 2.28. The van der Waals surface area contributed by atoms with Crippen molar-refractivity contribution in [3.05, 3.63) is 29.6 Å². The summed E-state index contributed by atoms with van der Waals surface area (Å²) in [5.74, 6) is 0.275. The SMILES string of the molecule is Cc1ccc2c(c1)nc(C(C)Cl)n2C(C)C(N)=O. The van der Waals surface area contributed by atoms with Gasteiger partial charge in [-0.05, 0) is 38.5 Å². The Hall–Kier alpha value is -1.55. The second-order valence-corrected chi connectivity index (χ2v) is 5.18. The van der Waals surface area contributed by atoms with E-state index in [1.54, 1.807) is 6.92 Å². The lowest BCUT2D eigenvalue weighted by atomic mass is 10.2. The molecule has 2 atom stereocenters. The third-order valence-electron chi connectivity index (χ3n) is 3.03. The Kier molecular flexibility index (Phi) is 3.30. The molecule has 0 aliphatic rings. The van der Waals surface area contributed by atoms with Gasteiger partial charge in [0.15, 0.2) is 0 Å². The van der Waals surface area contributed by atoms with Crippen LogP contribution in [0.15, 0.2) is 18.2 Å². The summed E-state index contributed by atoms with van der Waals surface area (Å²) in [4.78, 5) is 15.9. The van der Waals surface area contributed by atoms with Crippen LogP contribution in [0.5, 0.6) is 0 Å². The van der Waals surface area contributed by atoms with Gasteiger partial charge >= 0.3 is 0 Å². The molecule has 0 spiro atoms. The average Bonchev–Trinajstić information content (AvgIpc) is 2.66. The molecule has 4 nitrogen and oxygen atoms in total. The van der Waals surface area contributed by atoms with Crippen LogP contribution < -0.4 is 5.73 Å². The van der Waals surface area contributed by atoms with E-state index in [1.165, 1.54) is 0 Å². The molecule has 1 amide bonds. The Labute approximate surface area is 111 Å². The first-order chi connectivity index (χ1) is 8.41. The van der Waals surface area contributed by atoms with Crippen molar-refractivity contribution in [3.63, 3.8) is 0 Å². The molecule has 0 bridgehead atoms. The van der Waals surface area contributed by atoms with Crippen molar-refractivity contribution in [1.29, 1.82) is 0 Å². The normalized spacial score (nSPS) is 14.7. The number of alkyl halides is 1. The molecule has 0 fully saturated rings. The summed E-state index contributed by atoms with van der Waals surface area (Å²) >= 11 is 6.13. The van der Waals surface area contributed by atoms with Gasteiger partial charge in [0.25, 0.3) is 0 Å². The second-order valence-electron chi connectivity index (χ2n) is 4.53. The van der Waals surface area contributed by atoms with Crippen LogP contribution in [0, 0.1) is 6.92 Å². The number of aromatic nitrogens is 2. The lowest BCUT2D eigenvalue weighted by molar-refractivity contribution is -0.120. The van der Waals surface area contributed by atoms with E-state index >= 15 is 0 Å². The quantitative estimate of drug-likeness (QED) is 0.868. The highest BCUT2D eigenvalue weighted by molar-refractivity contribution is 6.20. The number of benzene rings is 1. The maximum Gasteiger partial charge on any atom is 0.240 e. The minimum Gasteiger partial charge on any atom is -0.368 e. The topological polar surface area (TPSA) is 60.9 Å². The van der Waals surface area contributed by atoms with Crippen molar-refractivity contribution < 1.29 is 4.79 Å². The molecule has 2 N–H and O–H groups in total. The Morgan fingerprint density at radius 2 is 2.11 bits per heavy atom. The molecule has 1 aromatic carbocycles. The van der Waals surface area contributed by atoms with Crippen molar-refractivity contribution in [2.75, 3.05) is 0 Å². The molecule has 0 saturated carbocycles. The Morgan fingerprint density at radius 3 is 2.67 bits per heavy atom. The third-order valence-corrected chi connectivity index (χ3v) is 3.22. The number of nitrogens with zero attached hydrogens (tertiary/aromatic N) is 2. The fourth-order valence-corrected chi connectivity index (χ4v) is 2.20. The molecule has 96 valence electrons. The molecule has 2 aromatic rings. The second kappa shape index (κ2) is 4.61. The van der Waals surface area contributed by atoms with E-state index in [9.17, 15) is 4.79 Å². The highest BCUT2D eigenvalue weighted by Gasteiger charge is 2.21. The van der Waals surface area contributed by atoms with Gasteiger partial charge in [0.05, 0.1) is 16.4 Å². The van der Waals surface area contributed by atoms with Crippen molar-refractivity contribution in [2.24, 2.45) is 5.73 Å². The molecular weight excluding hydrogens is 250 g/mol. The zero-order valence-electron chi connectivity index (χ0n) is 10.6. The number of nitrogens with two attached hydrogens (primary N) is 1. The summed E-state index contributed by atoms with van der Waals surface area (Å²) in [6.07, 6.45) is 0. The average molecular weight is 266 g/mol. The Balaban J connectivity index is 2.74. The predicted octanol–water partition coefficient (Wildman–Crippen LogP) is 2.69. The number of hydrogen-bond acceptors (Lipinski definition) is 2. The molecule has 18 heavy (non-hydrogen) atoms. The van der Waals surface area contributed by atoms with Crippen LogP contribution in [0.1, 0.15) is 36.7 Å². The van der Waals surface area contributed by atoms with Gasteiger partial charge in [-0.3, -0.25) is 4.79 Å². The zero-order chi connectivity index (χ0) is 13.4. The van der Waals surface area contributed by atoms with E-state index in [-0.39, 0.29) is 5.38 Å². The Morgan fingerprint density at radius 1 is 1.44 bits per heavy atom. The smallest absolute Gasteiger partial charge is 0.240 e. The molecule has 0 aliphatic heterocycles. The number of aryl methyl sites for hydroxylation is 1. The molecule has 0 radical (unpaired) electrons. The molecule has 5 heteroatoms. The summed E-state index contributed by atoms with van der Waals surface area (Å²) in [6.45, 7) is 5.59. The lowest BCUT2D eigenvalue weighted by Crippen LogP contribution is -2.25. The summed E-state index contributed by atoms with van der Waals surface area (Å²) in [7, 11) is 0. The number of imidazole rings is 1. The lowest BCUT2D eigenvalue weighted by Gasteiger charge is -2.15. The van der Waals surface area contributed by atoms with Gasteiger partial charge in [0, 0.05) is 0 Å². The van der Waals surface area contributed by atoms with E-state index in [0.29, 0.717) is 5.82 Å². The first-order valence-corrected chi connectivity index (χ1v) is 6.27. The number of amides is 1. The van der Waals surface area contributed by atoms with Crippen LogP contribution in [0.25, 0.3) is 11.0 Å². The maximum atomic E-state index is 11.4. The number of primary amides is 1. The molecular formula is C13H16ClN3O. The zero-order valence-corrected chi connectivity index (χ0v) is 11.4. The monoisotopic (exact) mass is 265 g/mol. The van der Waals surface area contributed by atoms with E-state index in [2.05, 4.69) is 4.98 Å². The first kappa shape index (κ1) is 12.9. The van der Waals surface area contributed by atoms with Crippen LogP contribution in [0.4, 0.5) is 0 Å². The number of hydrogen-bond donors (Lipinski definition) is 1. The third kappa shape index (κ3) is 2.08. The van der Waals surface area contributed by atoms with Crippen LogP contribution in [-0.4, -0.2) is 15.5 Å². The van der Waals surface area contributed by atoms with E-state index in [1.807, 2.05) is 36.6 Å². The summed E-state index contributed by atoms with van der Waals surface area (Å²) in [5, 5.41) is -0.278. The van der Waals surface area contributed by atoms with Crippen molar-refractivity contribution in [2.45, 2.75) is 32.2 Å². The van der Waals surface area contributed by atoms with Crippen LogP contribution in [0.3, 0.4) is 0 Å².